The van der Waals surface area contributed by atoms with E-state index in [2.05, 4.69) is 27.7 Å². The van der Waals surface area contributed by atoms with Gasteiger partial charge in [-0.2, -0.15) is 0 Å². The van der Waals surface area contributed by atoms with Crippen LogP contribution in [0.5, 0.6) is 0 Å². The van der Waals surface area contributed by atoms with Gasteiger partial charge in [0, 0.05) is 0 Å². The number of halogens is 2. The Kier molecular flexibility index (Phi) is 57.5. The van der Waals surface area contributed by atoms with Gasteiger partial charge in [-0.1, -0.05) is 0 Å². The molecule has 0 atom stereocenters. The van der Waals surface area contributed by atoms with Crippen LogP contribution >= 0.6 is 0 Å². The SMILES string of the molecule is C[CH2][Al+][CH2]C.C[CH2][Al+][CH2]C.[Br-].[Cl-]. The normalized spacial score (nSPS) is 5.67. The van der Waals surface area contributed by atoms with E-state index in [1.165, 1.54) is 21.1 Å². The molecule has 0 aromatic carbocycles. The first-order valence-electron chi connectivity index (χ1n) is 4.46. The summed E-state index contributed by atoms with van der Waals surface area (Å²) in [6.45, 7) is 9.00. The van der Waals surface area contributed by atoms with Crippen LogP contribution in [-0.4, -0.2) is 30.4 Å². The van der Waals surface area contributed by atoms with Gasteiger partial charge in [-0.15, -0.1) is 0 Å². The van der Waals surface area contributed by atoms with Crippen LogP contribution in [-0.2, 0) is 0 Å². The fraction of sp³-hybridized carbons (Fsp3) is 1.00. The van der Waals surface area contributed by atoms with Gasteiger partial charge in [0.1, 0.15) is 0 Å². The summed E-state index contributed by atoms with van der Waals surface area (Å²) in [5, 5.41) is 5.71. The first-order valence-corrected chi connectivity index (χ1v) is 7.73. The van der Waals surface area contributed by atoms with Crippen LogP contribution < -0.4 is 29.4 Å². The molecule has 0 saturated carbocycles. The minimum atomic E-state index is 0. The van der Waals surface area contributed by atoms with Gasteiger partial charge in [-0.05, 0) is 0 Å². The van der Waals surface area contributed by atoms with E-state index >= 15 is 0 Å². The van der Waals surface area contributed by atoms with Crippen molar-refractivity contribution in [3.8, 4) is 0 Å². The summed E-state index contributed by atoms with van der Waals surface area (Å²) in [6.07, 6.45) is 0. The maximum absolute atomic E-state index is 2.25. The maximum Gasteiger partial charge on any atom is -1.00 e. The topological polar surface area (TPSA) is 0 Å². The van der Waals surface area contributed by atoms with E-state index in [-0.39, 0.29) is 29.4 Å². The molecule has 0 aromatic heterocycles. The van der Waals surface area contributed by atoms with Crippen molar-refractivity contribution < 1.29 is 29.4 Å². The predicted octanol–water partition coefficient (Wildman–Crippen LogP) is -2.86. The van der Waals surface area contributed by atoms with E-state index < -0.39 is 0 Å². The van der Waals surface area contributed by atoms with Gasteiger partial charge in [0.2, 0.25) is 0 Å². The van der Waals surface area contributed by atoms with Crippen LogP contribution in [0.25, 0.3) is 0 Å². The van der Waals surface area contributed by atoms with Gasteiger partial charge in [0.05, 0.1) is 0 Å². The molecular formula is C8H20Al2BrCl. The Labute approximate surface area is 108 Å². The van der Waals surface area contributed by atoms with Crippen molar-refractivity contribution in [2.45, 2.75) is 48.8 Å². The second-order valence-corrected chi connectivity index (χ2v) is 6.63. The summed E-state index contributed by atoms with van der Waals surface area (Å²) in [4.78, 5) is 0. The molecule has 0 rings (SSSR count). The van der Waals surface area contributed by atoms with Crippen molar-refractivity contribution in [3.63, 3.8) is 0 Å². The molecule has 0 aliphatic heterocycles. The van der Waals surface area contributed by atoms with Crippen LogP contribution in [0, 0.1) is 0 Å². The third-order valence-electron chi connectivity index (χ3n) is 1.15. The molecule has 0 saturated heterocycles. The molecule has 0 amide bonds. The molecule has 0 radical (unpaired) electrons. The van der Waals surface area contributed by atoms with Crippen LogP contribution in [0.4, 0.5) is 0 Å². The third-order valence-corrected chi connectivity index (χ3v) is 3.46. The van der Waals surface area contributed by atoms with Gasteiger partial charge in [-0.3, -0.25) is 0 Å². The van der Waals surface area contributed by atoms with Crippen molar-refractivity contribution in [2.75, 3.05) is 0 Å². The first-order chi connectivity index (χ1) is 4.83. The van der Waals surface area contributed by atoms with E-state index in [1.54, 1.807) is 0 Å². The zero-order valence-corrected chi connectivity index (χ0v) is 13.4. The molecule has 0 N–H and O–H groups in total. The van der Waals surface area contributed by atoms with Crippen LogP contribution in [0.15, 0.2) is 0 Å². The summed E-state index contributed by atoms with van der Waals surface area (Å²) in [7, 11) is 0. The van der Waals surface area contributed by atoms with Crippen LogP contribution in [0.2, 0.25) is 21.1 Å². The minimum Gasteiger partial charge on any atom is -1.00 e. The fourth-order valence-electron chi connectivity index (χ4n) is 0.577. The number of hydrogen-bond donors (Lipinski definition) is 0. The molecule has 0 aromatic rings. The Morgan fingerprint density at radius 2 is 0.833 bits per heavy atom. The Bertz CT molecular complexity index is 38.0. The van der Waals surface area contributed by atoms with Gasteiger partial charge in [0.15, 0.2) is 0 Å². The molecule has 4 heteroatoms. The smallest absolute Gasteiger partial charge is 1.00 e. The Morgan fingerprint density at radius 1 is 0.667 bits per heavy atom. The summed E-state index contributed by atoms with van der Waals surface area (Å²) < 4.78 is 0. The van der Waals surface area contributed by atoms with E-state index in [0.29, 0.717) is 0 Å². The largest absolute Gasteiger partial charge is 1.00 e. The molecule has 72 valence electrons. The first kappa shape index (κ1) is 23.6. The van der Waals surface area contributed by atoms with Crippen LogP contribution in [0.1, 0.15) is 27.7 Å². The zero-order chi connectivity index (χ0) is 8.24. The summed E-state index contributed by atoms with van der Waals surface area (Å²) in [5.74, 6) is 0. The van der Waals surface area contributed by atoms with E-state index in [9.17, 15) is 0 Å². The third kappa shape index (κ3) is 40.8. The van der Waals surface area contributed by atoms with E-state index in [1.807, 2.05) is 0 Å². The van der Waals surface area contributed by atoms with E-state index in [4.69, 9.17) is 0 Å². The van der Waals surface area contributed by atoms with Gasteiger partial charge in [0.25, 0.3) is 0 Å². The number of rotatable bonds is 4. The van der Waals surface area contributed by atoms with Crippen molar-refractivity contribution in [1.29, 1.82) is 0 Å². The minimum absolute atomic E-state index is 0. The molecule has 0 fully saturated rings. The van der Waals surface area contributed by atoms with E-state index in [0.717, 1.165) is 30.4 Å². The standard InChI is InChI=1S/4C2H5.2Al.BrH.ClH/c4*1-2;;;;/h4*1H2,2H3;;;2*1H/q;;;;2*+1;;/p-2. The summed E-state index contributed by atoms with van der Waals surface area (Å²) >= 11 is 1.63. The molecule has 0 aliphatic rings. The Balaban J connectivity index is -0.0000000457. The molecule has 0 unspecified atom stereocenters. The molecule has 0 nitrogen and oxygen atoms in total. The van der Waals surface area contributed by atoms with Crippen molar-refractivity contribution in [2.24, 2.45) is 0 Å². The average molecular weight is 286 g/mol. The fourth-order valence-corrected chi connectivity index (χ4v) is 1.73. The summed E-state index contributed by atoms with van der Waals surface area (Å²) in [6, 6.07) is 0. The maximum atomic E-state index is 2.25. The Hall–Kier alpha value is 1.83. The molecule has 0 heterocycles. The molecule has 0 bridgehead atoms. The van der Waals surface area contributed by atoms with Crippen LogP contribution in [0.3, 0.4) is 0 Å². The van der Waals surface area contributed by atoms with Crippen molar-refractivity contribution >= 4 is 30.4 Å². The molecule has 0 spiro atoms. The van der Waals surface area contributed by atoms with Gasteiger partial charge in [-0.25, -0.2) is 0 Å². The molecule has 0 aliphatic carbocycles. The zero-order valence-electron chi connectivity index (χ0n) is 8.74. The quantitative estimate of drug-likeness (QED) is 0.488. The summed E-state index contributed by atoms with van der Waals surface area (Å²) in [5.41, 5.74) is 0. The Morgan fingerprint density at radius 3 is 0.833 bits per heavy atom. The van der Waals surface area contributed by atoms with Crippen molar-refractivity contribution in [3.05, 3.63) is 0 Å². The predicted molar refractivity (Wildman–Crippen MR) is 53.4 cm³/mol. The second-order valence-electron chi connectivity index (χ2n) is 2.21. The van der Waals surface area contributed by atoms with Crippen molar-refractivity contribution in [1.82, 2.24) is 0 Å². The average Bonchev–Trinajstić information content (AvgIpc) is 1.93. The van der Waals surface area contributed by atoms with Gasteiger partial charge < -0.3 is 29.4 Å². The second kappa shape index (κ2) is 29.3. The monoisotopic (exact) mass is 284 g/mol. The molecule has 12 heavy (non-hydrogen) atoms. The molecular weight excluding hydrogens is 265 g/mol. The van der Waals surface area contributed by atoms with Gasteiger partial charge >= 0.3 is 79.3 Å². The number of hydrogen-bond acceptors (Lipinski definition) is 0.